The van der Waals surface area contributed by atoms with Gasteiger partial charge in [-0.2, -0.15) is 0 Å². The van der Waals surface area contributed by atoms with Crippen molar-refractivity contribution >= 4 is 31.9 Å². The van der Waals surface area contributed by atoms with Crippen molar-refractivity contribution in [1.29, 1.82) is 0 Å². The summed E-state index contributed by atoms with van der Waals surface area (Å²) in [4.78, 5) is 0. The maximum absolute atomic E-state index is 5.85. The summed E-state index contributed by atoms with van der Waals surface area (Å²) < 4.78 is 12.7. The van der Waals surface area contributed by atoms with Crippen LogP contribution < -0.4 is 15.2 Å². The molecule has 0 fully saturated rings. The smallest absolute Gasteiger partial charge is 0.143 e. The molecule has 0 aliphatic rings. The summed E-state index contributed by atoms with van der Waals surface area (Å²) in [5, 5.41) is 0. The average molecular weight is 401 g/mol. The van der Waals surface area contributed by atoms with E-state index < -0.39 is 0 Å². The van der Waals surface area contributed by atoms with Gasteiger partial charge in [0.05, 0.1) is 16.1 Å². The van der Waals surface area contributed by atoms with Crippen molar-refractivity contribution in [3.8, 4) is 17.2 Å². The maximum Gasteiger partial charge on any atom is 0.143 e. The largest absolute Gasteiger partial charge is 0.496 e. The lowest BCUT2D eigenvalue weighted by Crippen LogP contribution is -2.04. The number of rotatable bonds is 4. The van der Waals surface area contributed by atoms with Crippen molar-refractivity contribution in [3.05, 3.63) is 50.9 Å². The molecular formula is C15H15Br2NO2. The van der Waals surface area contributed by atoms with E-state index in [-0.39, 0.29) is 6.04 Å². The van der Waals surface area contributed by atoms with Gasteiger partial charge in [-0.3, -0.25) is 0 Å². The third-order valence-corrected chi connectivity index (χ3v) is 4.08. The van der Waals surface area contributed by atoms with E-state index in [1.54, 1.807) is 7.11 Å². The van der Waals surface area contributed by atoms with E-state index >= 15 is 0 Å². The molecule has 1 atom stereocenters. The third-order valence-electron chi connectivity index (χ3n) is 2.84. The Labute approximate surface area is 135 Å². The second-order valence-corrected chi connectivity index (χ2v) is 6.09. The quantitative estimate of drug-likeness (QED) is 0.782. The summed E-state index contributed by atoms with van der Waals surface area (Å²) in [7, 11) is 1.62. The zero-order chi connectivity index (χ0) is 14.7. The van der Waals surface area contributed by atoms with Crippen LogP contribution in [0.15, 0.2) is 45.3 Å². The molecule has 0 unspecified atom stereocenters. The van der Waals surface area contributed by atoms with Crippen LogP contribution in [0.3, 0.4) is 0 Å². The van der Waals surface area contributed by atoms with Crippen LogP contribution in [0.4, 0.5) is 0 Å². The van der Waals surface area contributed by atoms with Crippen LogP contribution in [-0.2, 0) is 0 Å². The predicted molar refractivity (Wildman–Crippen MR) is 87.5 cm³/mol. The van der Waals surface area contributed by atoms with Gasteiger partial charge in [-0.25, -0.2) is 0 Å². The molecule has 2 rings (SSSR count). The normalized spacial score (nSPS) is 12.1. The second kappa shape index (κ2) is 6.61. The van der Waals surface area contributed by atoms with Crippen LogP contribution in [0.1, 0.15) is 18.5 Å². The Morgan fingerprint density at radius 1 is 1.00 bits per heavy atom. The Morgan fingerprint density at radius 2 is 1.55 bits per heavy atom. The molecule has 0 aliphatic carbocycles. The molecule has 5 heteroatoms. The number of hydrogen-bond donors (Lipinski definition) is 1. The lowest BCUT2D eigenvalue weighted by molar-refractivity contribution is 0.409. The first-order chi connectivity index (χ1) is 9.51. The van der Waals surface area contributed by atoms with Gasteiger partial charge in [0, 0.05) is 6.04 Å². The molecule has 20 heavy (non-hydrogen) atoms. The molecule has 0 aromatic heterocycles. The molecule has 106 valence electrons. The van der Waals surface area contributed by atoms with E-state index in [1.165, 1.54) is 0 Å². The number of nitrogens with two attached hydrogens (primary N) is 1. The van der Waals surface area contributed by atoms with Gasteiger partial charge in [-0.1, -0.05) is 12.1 Å². The first kappa shape index (κ1) is 15.4. The molecule has 0 spiro atoms. The number of ether oxygens (including phenoxy) is 2. The van der Waals surface area contributed by atoms with Crippen molar-refractivity contribution in [3.63, 3.8) is 0 Å². The minimum absolute atomic E-state index is 0.0194. The highest BCUT2D eigenvalue weighted by Crippen LogP contribution is 2.38. The molecule has 0 aliphatic heterocycles. The molecular weight excluding hydrogens is 386 g/mol. The Morgan fingerprint density at radius 3 is 2.10 bits per heavy atom. The molecule has 2 N–H and O–H groups in total. The highest BCUT2D eigenvalue weighted by molar-refractivity contribution is 9.11. The SMILES string of the molecule is COc1cc(Br)c(Oc2ccc([C@H](C)N)cc2)cc1Br. The van der Waals surface area contributed by atoms with E-state index in [4.69, 9.17) is 15.2 Å². The topological polar surface area (TPSA) is 44.5 Å². The summed E-state index contributed by atoms with van der Waals surface area (Å²) >= 11 is 6.91. The van der Waals surface area contributed by atoms with Gasteiger partial charge in [0.1, 0.15) is 17.2 Å². The third kappa shape index (κ3) is 3.53. The molecule has 3 nitrogen and oxygen atoms in total. The number of benzene rings is 2. The first-order valence-electron chi connectivity index (χ1n) is 6.07. The zero-order valence-electron chi connectivity index (χ0n) is 11.2. The molecule has 0 heterocycles. The Hall–Kier alpha value is -1.04. The molecule has 0 saturated heterocycles. The Kier molecular flexibility index (Phi) is 5.07. The van der Waals surface area contributed by atoms with Crippen LogP contribution in [0.5, 0.6) is 17.2 Å². The summed E-state index contributed by atoms with van der Waals surface area (Å²) in [6, 6.07) is 11.5. The number of halogens is 2. The summed E-state index contributed by atoms with van der Waals surface area (Å²) in [5.41, 5.74) is 6.90. The summed E-state index contributed by atoms with van der Waals surface area (Å²) in [5.74, 6) is 2.22. The highest BCUT2D eigenvalue weighted by atomic mass is 79.9. The monoisotopic (exact) mass is 399 g/mol. The van der Waals surface area contributed by atoms with Gasteiger partial charge >= 0.3 is 0 Å². The lowest BCUT2D eigenvalue weighted by atomic mass is 10.1. The van der Waals surface area contributed by atoms with Gasteiger partial charge in [0.15, 0.2) is 0 Å². The molecule has 2 aromatic rings. The van der Waals surface area contributed by atoms with Gasteiger partial charge in [0.2, 0.25) is 0 Å². The van der Waals surface area contributed by atoms with Crippen molar-refractivity contribution in [1.82, 2.24) is 0 Å². The number of methoxy groups -OCH3 is 1. The first-order valence-corrected chi connectivity index (χ1v) is 7.66. The lowest BCUT2D eigenvalue weighted by Gasteiger charge is -2.12. The van der Waals surface area contributed by atoms with Crippen molar-refractivity contribution < 1.29 is 9.47 Å². The second-order valence-electron chi connectivity index (χ2n) is 4.38. The van der Waals surface area contributed by atoms with Crippen LogP contribution in [0.2, 0.25) is 0 Å². The molecule has 0 saturated carbocycles. The van der Waals surface area contributed by atoms with Crippen molar-refractivity contribution in [2.24, 2.45) is 5.73 Å². The van der Waals surface area contributed by atoms with Gasteiger partial charge in [0.25, 0.3) is 0 Å². The summed E-state index contributed by atoms with van der Waals surface area (Å²) in [6.07, 6.45) is 0. The minimum atomic E-state index is 0.0194. The van der Waals surface area contributed by atoms with Crippen LogP contribution in [0.25, 0.3) is 0 Å². The van der Waals surface area contributed by atoms with Gasteiger partial charge in [-0.05, 0) is 68.6 Å². The Balaban J connectivity index is 2.23. The fourth-order valence-electron chi connectivity index (χ4n) is 1.71. The zero-order valence-corrected chi connectivity index (χ0v) is 14.4. The van der Waals surface area contributed by atoms with Gasteiger partial charge < -0.3 is 15.2 Å². The average Bonchev–Trinajstić information content (AvgIpc) is 2.43. The van der Waals surface area contributed by atoms with Crippen molar-refractivity contribution in [2.75, 3.05) is 7.11 Å². The predicted octanol–water partition coefficient (Wildman–Crippen LogP) is 5.03. The van der Waals surface area contributed by atoms with E-state index in [9.17, 15) is 0 Å². The maximum atomic E-state index is 5.85. The summed E-state index contributed by atoms with van der Waals surface area (Å²) in [6.45, 7) is 1.95. The molecule has 2 aromatic carbocycles. The minimum Gasteiger partial charge on any atom is -0.496 e. The fourth-order valence-corrected chi connectivity index (χ4v) is 2.60. The van der Waals surface area contributed by atoms with Gasteiger partial charge in [-0.15, -0.1) is 0 Å². The molecule has 0 amide bonds. The van der Waals surface area contributed by atoms with E-state index in [0.29, 0.717) is 5.75 Å². The van der Waals surface area contributed by atoms with Crippen LogP contribution >= 0.6 is 31.9 Å². The van der Waals surface area contributed by atoms with E-state index in [1.807, 2.05) is 43.3 Å². The van der Waals surface area contributed by atoms with Crippen LogP contribution in [-0.4, -0.2) is 7.11 Å². The standard InChI is InChI=1S/C15H15Br2NO2/c1-9(18)10-3-5-11(6-4-10)20-15-8-12(16)14(19-2)7-13(15)17/h3-9H,18H2,1-2H3/t9-/m0/s1. The fraction of sp³-hybridized carbons (Fsp3) is 0.200. The number of hydrogen-bond acceptors (Lipinski definition) is 3. The molecule has 0 radical (unpaired) electrons. The van der Waals surface area contributed by atoms with E-state index in [2.05, 4.69) is 31.9 Å². The highest BCUT2D eigenvalue weighted by Gasteiger charge is 2.09. The molecule has 0 bridgehead atoms. The van der Waals surface area contributed by atoms with Crippen molar-refractivity contribution in [2.45, 2.75) is 13.0 Å². The van der Waals surface area contributed by atoms with Crippen LogP contribution in [0, 0.1) is 0 Å². The van der Waals surface area contributed by atoms with E-state index in [0.717, 1.165) is 26.0 Å². The Bertz CT molecular complexity index is 598.